The first-order chi connectivity index (χ1) is 10.0. The molecule has 0 spiro atoms. The molecule has 1 aromatic heterocycles. The maximum absolute atomic E-state index is 11.0. The van der Waals surface area contributed by atoms with Gasteiger partial charge in [-0.25, -0.2) is 4.98 Å². The van der Waals surface area contributed by atoms with Gasteiger partial charge in [-0.05, 0) is 26.8 Å². The maximum atomic E-state index is 11.0. The van der Waals surface area contributed by atoms with Gasteiger partial charge in [0.05, 0.1) is 29.6 Å². The lowest BCUT2D eigenvalue weighted by atomic mass is 10.1. The van der Waals surface area contributed by atoms with E-state index in [0.717, 1.165) is 30.2 Å². The van der Waals surface area contributed by atoms with E-state index in [-0.39, 0.29) is 4.88 Å². The Kier molecular flexibility index (Phi) is 5.09. The van der Waals surface area contributed by atoms with Gasteiger partial charge < -0.3 is 14.8 Å². The molecule has 4 nitrogen and oxygen atoms in total. The molecule has 0 aliphatic rings. The fourth-order valence-electron chi connectivity index (χ4n) is 2.31. The molecule has 0 aliphatic heterocycles. The van der Waals surface area contributed by atoms with Gasteiger partial charge in [-0.1, -0.05) is 18.2 Å². The van der Waals surface area contributed by atoms with Crippen molar-refractivity contribution in [2.45, 2.75) is 27.3 Å². The number of aromatic carboxylic acids is 1. The Labute approximate surface area is 129 Å². The van der Waals surface area contributed by atoms with Crippen molar-refractivity contribution in [3.8, 4) is 10.6 Å². The van der Waals surface area contributed by atoms with Gasteiger partial charge in [0, 0.05) is 11.1 Å². The van der Waals surface area contributed by atoms with Crippen LogP contribution in [0.5, 0.6) is 0 Å². The van der Waals surface area contributed by atoms with Gasteiger partial charge in [0.1, 0.15) is 11.6 Å². The number of hydrogen-bond acceptors (Lipinski definition) is 4. The minimum absolute atomic E-state index is 0.213. The van der Waals surface area contributed by atoms with Crippen LogP contribution < -0.4 is 10.0 Å². The summed E-state index contributed by atoms with van der Waals surface area (Å²) in [5.74, 6) is -1.15. The average Bonchev–Trinajstić information content (AvgIpc) is 2.87. The van der Waals surface area contributed by atoms with Crippen molar-refractivity contribution in [2.75, 3.05) is 13.1 Å². The molecule has 0 amide bonds. The molecule has 2 aromatic rings. The van der Waals surface area contributed by atoms with E-state index in [1.54, 1.807) is 6.92 Å². The predicted molar refractivity (Wildman–Crippen MR) is 82.4 cm³/mol. The van der Waals surface area contributed by atoms with Crippen molar-refractivity contribution in [3.63, 3.8) is 0 Å². The standard InChI is InChI=1S/C16H20N2O2S/c1-4-18(5-2)10-12-7-6-8-13(9-12)15-17-11(3)14(21-15)16(19)20/h6-9H,4-5,10H2,1-3H3,(H,19,20). The number of quaternary nitrogens is 1. The number of carboxylic acids is 1. The predicted octanol–water partition coefficient (Wildman–Crippen LogP) is 0.907. The van der Waals surface area contributed by atoms with Gasteiger partial charge in [-0.2, -0.15) is 0 Å². The molecular weight excluding hydrogens is 284 g/mol. The Morgan fingerprint density at radius 1 is 1.33 bits per heavy atom. The maximum Gasteiger partial charge on any atom is 0.124 e. The number of benzene rings is 1. The van der Waals surface area contributed by atoms with Gasteiger partial charge in [-0.15, -0.1) is 11.3 Å². The number of hydrogen-bond donors (Lipinski definition) is 1. The first-order valence-corrected chi connectivity index (χ1v) is 7.98. The minimum Gasteiger partial charge on any atom is -0.544 e. The van der Waals surface area contributed by atoms with E-state index in [4.69, 9.17) is 0 Å². The van der Waals surface area contributed by atoms with Gasteiger partial charge in [0.15, 0.2) is 0 Å². The van der Waals surface area contributed by atoms with Gasteiger partial charge in [0.25, 0.3) is 0 Å². The van der Waals surface area contributed by atoms with Crippen LogP contribution in [0.15, 0.2) is 24.3 Å². The van der Waals surface area contributed by atoms with E-state index in [1.807, 2.05) is 12.1 Å². The lowest BCUT2D eigenvalue weighted by Crippen LogP contribution is -3.10. The van der Waals surface area contributed by atoms with Crippen LogP contribution in [-0.4, -0.2) is 24.0 Å². The molecule has 1 heterocycles. The number of carbonyl (C=O) groups excluding carboxylic acids is 1. The molecule has 0 radical (unpaired) electrons. The van der Waals surface area contributed by atoms with E-state index in [0.29, 0.717) is 5.69 Å². The second kappa shape index (κ2) is 6.83. The van der Waals surface area contributed by atoms with E-state index < -0.39 is 5.97 Å². The largest absolute Gasteiger partial charge is 0.544 e. The molecule has 1 N–H and O–H groups in total. The first-order valence-electron chi connectivity index (χ1n) is 7.16. The second-order valence-corrected chi connectivity index (χ2v) is 6.05. The number of carbonyl (C=O) groups is 1. The summed E-state index contributed by atoms with van der Waals surface area (Å²) in [4.78, 5) is 17.1. The molecule has 0 bridgehead atoms. The lowest BCUT2D eigenvalue weighted by Gasteiger charge is -2.15. The first kappa shape index (κ1) is 15.7. The normalized spacial score (nSPS) is 11.0. The van der Waals surface area contributed by atoms with Crippen LogP contribution in [0, 0.1) is 6.92 Å². The molecule has 0 aliphatic carbocycles. The van der Waals surface area contributed by atoms with E-state index >= 15 is 0 Å². The van der Waals surface area contributed by atoms with Crippen molar-refractivity contribution < 1.29 is 14.8 Å². The van der Waals surface area contributed by atoms with Crippen molar-refractivity contribution in [1.82, 2.24) is 4.98 Å². The Hall–Kier alpha value is -1.72. The highest BCUT2D eigenvalue weighted by Crippen LogP contribution is 2.28. The van der Waals surface area contributed by atoms with Crippen LogP contribution in [0.2, 0.25) is 0 Å². The Bertz CT molecular complexity index is 633. The van der Waals surface area contributed by atoms with Crippen LogP contribution >= 0.6 is 11.3 Å². The van der Waals surface area contributed by atoms with Crippen LogP contribution in [-0.2, 0) is 6.54 Å². The molecule has 0 atom stereocenters. The molecule has 0 saturated heterocycles. The third kappa shape index (κ3) is 3.68. The van der Waals surface area contributed by atoms with Gasteiger partial charge >= 0.3 is 0 Å². The fourth-order valence-corrected chi connectivity index (χ4v) is 3.21. The SMILES string of the molecule is CC[NH+](CC)Cc1cccc(-c2nc(C)c(C(=O)[O-])s2)c1. The van der Waals surface area contributed by atoms with Crippen molar-refractivity contribution >= 4 is 17.3 Å². The van der Waals surface area contributed by atoms with Crippen molar-refractivity contribution in [2.24, 2.45) is 0 Å². The quantitative estimate of drug-likeness (QED) is 0.863. The number of aryl methyl sites for hydroxylation is 1. The minimum atomic E-state index is -1.15. The van der Waals surface area contributed by atoms with Gasteiger partial charge in [0.2, 0.25) is 0 Å². The fraction of sp³-hybridized carbons (Fsp3) is 0.375. The summed E-state index contributed by atoms with van der Waals surface area (Å²) in [6.07, 6.45) is 0. The third-order valence-electron chi connectivity index (χ3n) is 3.61. The van der Waals surface area contributed by atoms with Crippen LogP contribution in [0.3, 0.4) is 0 Å². The third-order valence-corrected chi connectivity index (χ3v) is 4.80. The lowest BCUT2D eigenvalue weighted by molar-refractivity contribution is -0.910. The van der Waals surface area contributed by atoms with Gasteiger partial charge in [-0.3, -0.25) is 0 Å². The number of rotatable bonds is 6. The van der Waals surface area contributed by atoms with Crippen LogP contribution in [0.25, 0.3) is 10.6 Å². The number of aromatic nitrogens is 1. The molecule has 2 rings (SSSR count). The molecule has 21 heavy (non-hydrogen) atoms. The van der Waals surface area contributed by atoms with Crippen LogP contribution in [0.4, 0.5) is 0 Å². The number of carboxylic acid groups (broad SMARTS) is 1. The van der Waals surface area contributed by atoms with E-state index in [2.05, 4.69) is 31.0 Å². The summed E-state index contributed by atoms with van der Waals surface area (Å²) in [5, 5.41) is 11.8. The summed E-state index contributed by atoms with van der Waals surface area (Å²) in [6, 6.07) is 8.18. The average molecular weight is 304 g/mol. The second-order valence-electron chi connectivity index (χ2n) is 5.06. The number of thiazole rings is 1. The van der Waals surface area contributed by atoms with Crippen LogP contribution in [0.1, 0.15) is 34.8 Å². The topological polar surface area (TPSA) is 57.5 Å². The van der Waals surface area contributed by atoms with Crippen molar-refractivity contribution in [1.29, 1.82) is 0 Å². The highest BCUT2D eigenvalue weighted by molar-refractivity contribution is 7.17. The summed E-state index contributed by atoms with van der Waals surface area (Å²) in [6.45, 7) is 9.21. The zero-order chi connectivity index (χ0) is 15.4. The van der Waals surface area contributed by atoms with E-state index in [9.17, 15) is 9.90 Å². The molecular formula is C16H20N2O2S. The molecule has 112 valence electrons. The Morgan fingerprint density at radius 2 is 2.05 bits per heavy atom. The Morgan fingerprint density at radius 3 is 2.62 bits per heavy atom. The highest BCUT2D eigenvalue weighted by Gasteiger charge is 2.11. The summed E-state index contributed by atoms with van der Waals surface area (Å²) < 4.78 is 0. The van der Waals surface area contributed by atoms with E-state index in [1.165, 1.54) is 21.8 Å². The summed E-state index contributed by atoms with van der Waals surface area (Å²) >= 11 is 1.18. The summed E-state index contributed by atoms with van der Waals surface area (Å²) in [5.41, 5.74) is 2.74. The van der Waals surface area contributed by atoms with Crippen molar-refractivity contribution in [3.05, 3.63) is 40.4 Å². The monoisotopic (exact) mass is 304 g/mol. The Balaban J connectivity index is 2.28. The highest BCUT2D eigenvalue weighted by atomic mass is 32.1. The smallest absolute Gasteiger partial charge is 0.124 e. The molecule has 0 saturated carbocycles. The summed E-state index contributed by atoms with van der Waals surface area (Å²) in [7, 11) is 0. The number of nitrogens with one attached hydrogen (secondary N) is 1. The zero-order valence-corrected chi connectivity index (χ0v) is 13.4. The zero-order valence-electron chi connectivity index (χ0n) is 12.6. The molecule has 1 aromatic carbocycles. The molecule has 0 unspecified atom stereocenters. The molecule has 5 heteroatoms. The number of nitrogens with zero attached hydrogens (tertiary/aromatic N) is 1. The molecule has 0 fully saturated rings.